The molecule has 0 bridgehead atoms. The van der Waals surface area contributed by atoms with E-state index >= 15 is 0 Å². The van der Waals surface area contributed by atoms with Crippen LogP contribution in [0.3, 0.4) is 0 Å². The number of H-pyrrole nitrogens is 1. The van der Waals surface area contributed by atoms with Gasteiger partial charge in [0.1, 0.15) is 12.0 Å². The van der Waals surface area contributed by atoms with Gasteiger partial charge in [-0.3, -0.25) is 10.00 Å². The molecule has 3 unspecified atom stereocenters. The van der Waals surface area contributed by atoms with Gasteiger partial charge in [0.25, 0.3) is 0 Å². The fraction of sp³-hybridized carbons (Fsp3) is 0.571. The van der Waals surface area contributed by atoms with E-state index in [9.17, 15) is 0 Å². The highest BCUT2D eigenvalue weighted by Crippen LogP contribution is 2.45. The molecule has 64 valence electrons. The molecule has 3 rings (SSSR count). The maximum atomic E-state index is 5.49. The summed E-state index contributed by atoms with van der Waals surface area (Å²) < 4.78 is 5.44. The van der Waals surface area contributed by atoms with Gasteiger partial charge in [-0.1, -0.05) is 0 Å². The number of nitrogens with zero attached hydrogens (tertiary/aromatic N) is 2. The molecule has 1 aromatic rings. The number of ether oxygens (including phenoxy) is 1. The average molecular weight is 166 g/mol. The Morgan fingerprint density at radius 1 is 1.75 bits per heavy atom. The third-order valence-corrected chi connectivity index (χ3v) is 2.44. The van der Waals surface area contributed by atoms with E-state index in [0.29, 0.717) is 11.9 Å². The lowest BCUT2D eigenvalue weighted by molar-refractivity contribution is 0.150. The number of fused-ring (bicyclic) bond motifs is 1. The van der Waals surface area contributed by atoms with E-state index in [1.807, 2.05) is 6.07 Å². The van der Waals surface area contributed by atoms with Crippen LogP contribution in [-0.2, 0) is 4.74 Å². The highest BCUT2D eigenvalue weighted by molar-refractivity contribution is 5.32. The zero-order chi connectivity index (χ0) is 8.13. The van der Waals surface area contributed by atoms with Crippen LogP contribution < -0.4 is 5.73 Å². The first-order valence-corrected chi connectivity index (χ1v) is 4.04. The first kappa shape index (κ1) is 6.45. The molecule has 0 saturated carbocycles. The number of nitrogens with one attached hydrogen (secondary N) is 1. The summed E-state index contributed by atoms with van der Waals surface area (Å²) in [5.41, 5.74) is 6.56. The van der Waals surface area contributed by atoms with E-state index in [1.54, 1.807) is 0 Å². The summed E-state index contributed by atoms with van der Waals surface area (Å²) in [6.45, 7) is 1.87. The number of morpholine rings is 1. The van der Waals surface area contributed by atoms with Crippen molar-refractivity contribution in [1.29, 1.82) is 0 Å². The van der Waals surface area contributed by atoms with Crippen LogP contribution in [-0.4, -0.2) is 34.5 Å². The zero-order valence-corrected chi connectivity index (χ0v) is 6.53. The molecule has 2 aliphatic heterocycles. The summed E-state index contributed by atoms with van der Waals surface area (Å²) >= 11 is 0. The molecular weight excluding hydrogens is 156 g/mol. The molecule has 2 aliphatic rings. The van der Waals surface area contributed by atoms with Crippen LogP contribution >= 0.6 is 0 Å². The minimum absolute atomic E-state index is 0.282. The first-order valence-electron chi connectivity index (χ1n) is 4.04. The first-order chi connectivity index (χ1) is 5.86. The van der Waals surface area contributed by atoms with Crippen LogP contribution in [0, 0.1) is 0 Å². The second-order valence-corrected chi connectivity index (χ2v) is 3.19. The Hall–Kier alpha value is -1.07. The fourth-order valence-corrected chi connectivity index (χ4v) is 1.82. The second kappa shape index (κ2) is 1.99. The topological polar surface area (TPSA) is 66.9 Å². The van der Waals surface area contributed by atoms with E-state index in [0.717, 1.165) is 18.8 Å². The van der Waals surface area contributed by atoms with Crippen molar-refractivity contribution in [2.45, 2.75) is 12.3 Å². The molecular formula is C7H10N4O. The molecule has 3 N–H and O–H groups in total. The molecule has 2 fully saturated rings. The summed E-state index contributed by atoms with van der Waals surface area (Å²) in [5.74, 6) is 0.552. The summed E-state index contributed by atoms with van der Waals surface area (Å²) in [4.78, 5) is 2.27. The summed E-state index contributed by atoms with van der Waals surface area (Å²) in [7, 11) is 0. The number of aromatic nitrogens is 2. The van der Waals surface area contributed by atoms with Crippen LogP contribution in [0.2, 0.25) is 0 Å². The Bertz CT molecular complexity index is 300. The molecule has 0 spiro atoms. The lowest BCUT2D eigenvalue weighted by Crippen LogP contribution is -2.02. The Morgan fingerprint density at radius 3 is 3.25 bits per heavy atom. The van der Waals surface area contributed by atoms with E-state index in [4.69, 9.17) is 10.5 Å². The number of rotatable bonds is 1. The van der Waals surface area contributed by atoms with Gasteiger partial charge < -0.3 is 10.5 Å². The van der Waals surface area contributed by atoms with Crippen molar-refractivity contribution in [3.63, 3.8) is 0 Å². The van der Waals surface area contributed by atoms with Crippen molar-refractivity contribution in [2.75, 3.05) is 18.9 Å². The molecule has 5 heteroatoms. The van der Waals surface area contributed by atoms with Gasteiger partial charge >= 0.3 is 0 Å². The van der Waals surface area contributed by atoms with Gasteiger partial charge in [0.15, 0.2) is 0 Å². The van der Waals surface area contributed by atoms with E-state index in [-0.39, 0.29) is 6.23 Å². The van der Waals surface area contributed by atoms with E-state index < -0.39 is 0 Å². The molecule has 3 atom stereocenters. The molecule has 0 aliphatic carbocycles. The molecule has 5 nitrogen and oxygen atoms in total. The van der Waals surface area contributed by atoms with Crippen LogP contribution in [0.15, 0.2) is 6.07 Å². The Balaban J connectivity index is 1.84. The monoisotopic (exact) mass is 166 g/mol. The van der Waals surface area contributed by atoms with Crippen molar-refractivity contribution in [1.82, 2.24) is 15.1 Å². The second-order valence-electron chi connectivity index (χ2n) is 3.19. The van der Waals surface area contributed by atoms with Gasteiger partial charge in [-0.2, -0.15) is 5.10 Å². The largest absolute Gasteiger partial charge is 0.382 e. The Morgan fingerprint density at radius 2 is 2.67 bits per heavy atom. The normalized spacial score (nSPS) is 38.2. The van der Waals surface area contributed by atoms with E-state index in [1.165, 1.54) is 0 Å². The molecule has 3 heterocycles. The fourth-order valence-electron chi connectivity index (χ4n) is 1.82. The maximum Gasteiger partial charge on any atom is 0.145 e. The highest BCUT2D eigenvalue weighted by Gasteiger charge is 2.53. The van der Waals surface area contributed by atoms with Crippen molar-refractivity contribution < 1.29 is 4.74 Å². The Kier molecular flexibility index (Phi) is 1.07. The van der Waals surface area contributed by atoms with Crippen LogP contribution in [0.5, 0.6) is 0 Å². The lowest BCUT2D eigenvalue weighted by atomic mass is 10.3. The van der Waals surface area contributed by atoms with Gasteiger partial charge in [-0.25, -0.2) is 0 Å². The third kappa shape index (κ3) is 0.720. The van der Waals surface area contributed by atoms with Crippen LogP contribution in [0.25, 0.3) is 0 Å². The highest BCUT2D eigenvalue weighted by atomic mass is 16.5. The lowest BCUT2D eigenvalue weighted by Gasteiger charge is -1.97. The van der Waals surface area contributed by atoms with Gasteiger partial charge in [0.05, 0.1) is 18.3 Å². The minimum atomic E-state index is 0.282. The average Bonchev–Trinajstić information content (AvgIpc) is 2.55. The SMILES string of the molecule is Nc1cc(C2C3OCCN32)[nH]n1. The van der Waals surface area contributed by atoms with Gasteiger partial charge in [-0.05, 0) is 0 Å². The van der Waals surface area contributed by atoms with Crippen LogP contribution in [0.1, 0.15) is 11.7 Å². The quantitative estimate of drug-likeness (QED) is 0.562. The minimum Gasteiger partial charge on any atom is -0.382 e. The number of hydrogen-bond donors (Lipinski definition) is 2. The summed E-state index contributed by atoms with van der Waals surface area (Å²) in [6.07, 6.45) is 0.282. The number of aromatic amines is 1. The van der Waals surface area contributed by atoms with Crippen molar-refractivity contribution in [3.05, 3.63) is 11.8 Å². The van der Waals surface area contributed by atoms with Gasteiger partial charge in [-0.15, -0.1) is 0 Å². The number of hydrogen-bond acceptors (Lipinski definition) is 4. The van der Waals surface area contributed by atoms with Crippen molar-refractivity contribution in [2.24, 2.45) is 0 Å². The molecule has 0 radical (unpaired) electrons. The standard InChI is InChI=1S/C7H10N4O/c8-5-3-4(9-10-5)6-7-11(6)1-2-12-7/h3,6-7H,1-2H2,(H3,8,9,10). The molecule has 1 aromatic heterocycles. The summed E-state index contributed by atoms with van der Waals surface area (Å²) in [5, 5.41) is 6.78. The van der Waals surface area contributed by atoms with Crippen molar-refractivity contribution in [3.8, 4) is 0 Å². The van der Waals surface area contributed by atoms with Gasteiger partial charge in [0.2, 0.25) is 0 Å². The molecule has 0 aromatic carbocycles. The van der Waals surface area contributed by atoms with Crippen molar-refractivity contribution >= 4 is 5.82 Å². The molecule has 2 saturated heterocycles. The number of nitrogen functional groups attached to an aromatic ring is 1. The molecule has 12 heavy (non-hydrogen) atoms. The van der Waals surface area contributed by atoms with Crippen LogP contribution in [0.4, 0.5) is 5.82 Å². The van der Waals surface area contributed by atoms with E-state index in [2.05, 4.69) is 15.1 Å². The third-order valence-electron chi connectivity index (χ3n) is 2.44. The smallest absolute Gasteiger partial charge is 0.145 e. The Labute approximate surface area is 69.5 Å². The number of anilines is 1. The van der Waals surface area contributed by atoms with Gasteiger partial charge in [0, 0.05) is 12.6 Å². The maximum absolute atomic E-state index is 5.49. The number of nitrogens with two attached hydrogens (primary N) is 1. The predicted molar refractivity (Wildman–Crippen MR) is 42.2 cm³/mol. The predicted octanol–water partition coefficient (Wildman–Crippen LogP) is -0.295. The summed E-state index contributed by atoms with van der Waals surface area (Å²) in [6, 6.07) is 2.25. The molecule has 0 amide bonds. The zero-order valence-electron chi connectivity index (χ0n) is 6.53.